The molecule has 0 aliphatic heterocycles. The van der Waals surface area contributed by atoms with Gasteiger partial charge in [-0.2, -0.15) is 0 Å². The first-order valence-corrected chi connectivity index (χ1v) is 9.50. The first-order chi connectivity index (χ1) is 13.5. The molecule has 0 fully saturated rings. The maximum atomic E-state index is 14.1. The smallest absolute Gasteiger partial charge is 0.272 e. The normalized spacial score (nSPS) is 11.0. The third kappa shape index (κ3) is 5.26. The van der Waals surface area contributed by atoms with Gasteiger partial charge in [-0.15, -0.1) is 0 Å². The number of hydrogen-bond donors (Lipinski definition) is 2. The minimum Gasteiger partial charge on any atom is -0.321 e. The van der Waals surface area contributed by atoms with E-state index in [1.54, 1.807) is 54.6 Å². The van der Waals surface area contributed by atoms with Gasteiger partial charge in [0.1, 0.15) is 11.5 Å². The van der Waals surface area contributed by atoms with Crippen LogP contribution in [0.3, 0.4) is 0 Å². The highest BCUT2D eigenvalue weighted by molar-refractivity contribution is 14.1. The van der Waals surface area contributed by atoms with Crippen LogP contribution in [0.25, 0.3) is 6.08 Å². The van der Waals surface area contributed by atoms with Crippen LogP contribution >= 0.6 is 22.6 Å². The van der Waals surface area contributed by atoms with Gasteiger partial charge >= 0.3 is 0 Å². The summed E-state index contributed by atoms with van der Waals surface area (Å²) in [5.74, 6) is -1.49. The monoisotopic (exact) mass is 486 g/mol. The number of carbonyl (C=O) groups excluding carboxylic acids is 2. The summed E-state index contributed by atoms with van der Waals surface area (Å²) in [6, 6.07) is 21.7. The van der Waals surface area contributed by atoms with E-state index in [9.17, 15) is 14.0 Å². The molecule has 0 saturated carbocycles. The zero-order chi connectivity index (χ0) is 19.9. The molecule has 4 nitrogen and oxygen atoms in total. The van der Waals surface area contributed by atoms with Crippen molar-refractivity contribution >= 4 is 46.2 Å². The van der Waals surface area contributed by atoms with Gasteiger partial charge in [0.2, 0.25) is 0 Å². The molecule has 140 valence electrons. The van der Waals surface area contributed by atoms with Crippen molar-refractivity contribution in [2.45, 2.75) is 0 Å². The van der Waals surface area contributed by atoms with Gasteiger partial charge in [-0.3, -0.25) is 9.59 Å². The average molecular weight is 486 g/mol. The molecule has 0 unspecified atom stereocenters. The summed E-state index contributed by atoms with van der Waals surface area (Å²) in [4.78, 5) is 25.3. The van der Waals surface area contributed by atoms with E-state index in [0.29, 0.717) is 11.3 Å². The number of amides is 2. The summed E-state index contributed by atoms with van der Waals surface area (Å²) in [6.07, 6.45) is 1.32. The Morgan fingerprint density at radius 3 is 2.18 bits per heavy atom. The van der Waals surface area contributed by atoms with Gasteiger partial charge in [-0.25, -0.2) is 4.39 Å². The molecule has 0 aliphatic carbocycles. The molecule has 3 rings (SSSR count). The van der Waals surface area contributed by atoms with Gasteiger partial charge in [-0.05, 0) is 71.1 Å². The lowest BCUT2D eigenvalue weighted by atomic mass is 10.1. The quantitative estimate of drug-likeness (QED) is 0.401. The van der Waals surface area contributed by atoms with Crippen molar-refractivity contribution in [2.75, 3.05) is 5.32 Å². The topological polar surface area (TPSA) is 58.2 Å². The van der Waals surface area contributed by atoms with Crippen LogP contribution < -0.4 is 10.6 Å². The standard InChI is InChI=1S/C22H16FIN2O2/c23-19-9-5-4-8-16(19)14-20(26-21(27)15-6-2-1-3-7-15)22(28)25-18-12-10-17(24)11-13-18/h1-14H,(H,25,28)(H,26,27)/b20-14+. The molecule has 3 aromatic rings. The van der Waals surface area contributed by atoms with Gasteiger partial charge in [-0.1, -0.05) is 36.4 Å². The summed E-state index contributed by atoms with van der Waals surface area (Å²) >= 11 is 2.16. The van der Waals surface area contributed by atoms with Crippen LogP contribution in [-0.4, -0.2) is 11.8 Å². The SMILES string of the molecule is O=C(Nc1ccc(I)cc1)/C(=C\c1ccccc1F)NC(=O)c1ccccc1. The second-order valence-electron chi connectivity index (χ2n) is 5.86. The highest BCUT2D eigenvalue weighted by atomic mass is 127. The predicted octanol–water partition coefficient (Wildman–Crippen LogP) is 4.84. The number of carbonyl (C=O) groups is 2. The zero-order valence-electron chi connectivity index (χ0n) is 14.7. The van der Waals surface area contributed by atoms with Crippen molar-refractivity contribution in [2.24, 2.45) is 0 Å². The van der Waals surface area contributed by atoms with E-state index >= 15 is 0 Å². The van der Waals surface area contributed by atoms with Gasteiger partial charge in [0.15, 0.2) is 0 Å². The van der Waals surface area contributed by atoms with Crippen LogP contribution in [0.5, 0.6) is 0 Å². The molecule has 3 aromatic carbocycles. The molecular formula is C22H16FIN2O2. The molecule has 2 amide bonds. The van der Waals surface area contributed by atoms with Gasteiger partial charge in [0, 0.05) is 20.4 Å². The second-order valence-corrected chi connectivity index (χ2v) is 7.11. The molecule has 0 bridgehead atoms. The van der Waals surface area contributed by atoms with Crippen molar-refractivity contribution in [3.8, 4) is 0 Å². The van der Waals surface area contributed by atoms with Crippen LogP contribution in [0, 0.1) is 9.39 Å². The first-order valence-electron chi connectivity index (χ1n) is 8.42. The third-order valence-corrected chi connectivity index (χ3v) is 4.56. The minimum atomic E-state index is -0.547. The first kappa shape index (κ1) is 19.8. The number of anilines is 1. The summed E-state index contributed by atoms with van der Waals surface area (Å²) in [7, 11) is 0. The Labute approximate surface area is 175 Å². The van der Waals surface area contributed by atoms with E-state index in [1.165, 1.54) is 18.2 Å². The Kier molecular flexibility index (Phi) is 6.54. The fourth-order valence-corrected chi connectivity index (χ4v) is 2.78. The van der Waals surface area contributed by atoms with Crippen molar-refractivity contribution < 1.29 is 14.0 Å². The fourth-order valence-electron chi connectivity index (χ4n) is 2.42. The summed E-state index contributed by atoms with van der Waals surface area (Å²) in [5, 5.41) is 5.30. The predicted molar refractivity (Wildman–Crippen MR) is 116 cm³/mol. The van der Waals surface area contributed by atoms with E-state index in [0.717, 1.165) is 3.57 Å². The molecule has 6 heteroatoms. The zero-order valence-corrected chi connectivity index (χ0v) is 16.8. The highest BCUT2D eigenvalue weighted by Gasteiger charge is 2.15. The number of rotatable bonds is 5. The van der Waals surface area contributed by atoms with Gasteiger partial charge in [0.05, 0.1) is 0 Å². The molecule has 0 heterocycles. The van der Waals surface area contributed by atoms with Crippen molar-refractivity contribution in [3.63, 3.8) is 0 Å². The maximum absolute atomic E-state index is 14.1. The molecule has 0 aliphatic rings. The average Bonchev–Trinajstić information content (AvgIpc) is 2.71. The van der Waals surface area contributed by atoms with E-state index in [2.05, 4.69) is 33.2 Å². The Morgan fingerprint density at radius 2 is 1.50 bits per heavy atom. The van der Waals surface area contributed by atoms with Crippen molar-refractivity contribution in [1.82, 2.24) is 5.32 Å². The molecule has 0 radical (unpaired) electrons. The van der Waals surface area contributed by atoms with Crippen LogP contribution in [0.15, 0.2) is 84.6 Å². The number of hydrogen-bond acceptors (Lipinski definition) is 2. The Bertz CT molecular complexity index is 1020. The van der Waals surface area contributed by atoms with Crippen molar-refractivity contribution in [1.29, 1.82) is 0 Å². The van der Waals surface area contributed by atoms with E-state index in [4.69, 9.17) is 0 Å². The van der Waals surface area contributed by atoms with E-state index in [-0.39, 0.29) is 11.3 Å². The minimum absolute atomic E-state index is 0.0579. The fraction of sp³-hybridized carbons (Fsp3) is 0. The Balaban J connectivity index is 1.89. The number of halogens is 2. The van der Waals surface area contributed by atoms with Gasteiger partial charge < -0.3 is 10.6 Å². The lowest BCUT2D eigenvalue weighted by molar-refractivity contribution is -0.113. The number of benzene rings is 3. The highest BCUT2D eigenvalue weighted by Crippen LogP contribution is 2.15. The molecule has 0 spiro atoms. The van der Waals surface area contributed by atoms with Gasteiger partial charge in [0.25, 0.3) is 11.8 Å². The van der Waals surface area contributed by atoms with Crippen LogP contribution in [0.2, 0.25) is 0 Å². The molecule has 0 saturated heterocycles. The molecular weight excluding hydrogens is 470 g/mol. The molecule has 28 heavy (non-hydrogen) atoms. The third-order valence-electron chi connectivity index (χ3n) is 3.84. The van der Waals surface area contributed by atoms with E-state index < -0.39 is 17.6 Å². The van der Waals surface area contributed by atoms with Crippen LogP contribution in [0.4, 0.5) is 10.1 Å². The lowest BCUT2D eigenvalue weighted by Crippen LogP contribution is -2.30. The molecule has 2 N–H and O–H groups in total. The largest absolute Gasteiger partial charge is 0.321 e. The van der Waals surface area contributed by atoms with Crippen molar-refractivity contribution in [3.05, 3.63) is 105 Å². The maximum Gasteiger partial charge on any atom is 0.272 e. The second kappa shape index (κ2) is 9.27. The van der Waals surface area contributed by atoms with E-state index in [1.807, 2.05) is 12.1 Å². The molecule has 0 aromatic heterocycles. The summed E-state index contributed by atoms with van der Waals surface area (Å²) in [6.45, 7) is 0. The lowest BCUT2D eigenvalue weighted by Gasteiger charge is -2.12. The Hall–Kier alpha value is -3.00. The van der Waals surface area contributed by atoms with Crippen LogP contribution in [0.1, 0.15) is 15.9 Å². The van der Waals surface area contributed by atoms with Crippen LogP contribution in [-0.2, 0) is 4.79 Å². The summed E-state index contributed by atoms with van der Waals surface area (Å²) < 4.78 is 15.1. The molecule has 0 atom stereocenters. The Morgan fingerprint density at radius 1 is 0.857 bits per heavy atom. The number of nitrogens with one attached hydrogen (secondary N) is 2. The summed E-state index contributed by atoms with van der Waals surface area (Å²) in [5.41, 5.74) is 1.10.